The van der Waals surface area contributed by atoms with Crippen LogP contribution in [-0.2, 0) is 10.0 Å². The second kappa shape index (κ2) is 5.61. The Kier molecular flexibility index (Phi) is 4.52. The van der Waals surface area contributed by atoms with Crippen molar-refractivity contribution >= 4 is 37.3 Å². The molecule has 1 aromatic heterocycles. The molecule has 0 bridgehead atoms. The highest BCUT2D eigenvalue weighted by atomic mass is 79.9. The molecule has 1 heterocycles. The van der Waals surface area contributed by atoms with Crippen LogP contribution in [0.2, 0.25) is 0 Å². The van der Waals surface area contributed by atoms with Gasteiger partial charge in [-0.1, -0.05) is 19.8 Å². The Labute approximate surface area is 121 Å². The quantitative estimate of drug-likeness (QED) is 0.901. The molecular weight excluding hydrogens is 334 g/mol. The SMILES string of the molecule is Cc1cc(S(=O)(=O)NCC2CCCC2C)sc1Br. The molecule has 6 heteroatoms. The van der Waals surface area contributed by atoms with Crippen LogP contribution in [0.4, 0.5) is 0 Å². The number of nitrogens with one attached hydrogen (secondary N) is 1. The Morgan fingerprint density at radius 2 is 2.22 bits per heavy atom. The third kappa shape index (κ3) is 3.15. The van der Waals surface area contributed by atoms with E-state index in [0.717, 1.165) is 15.8 Å². The van der Waals surface area contributed by atoms with E-state index in [2.05, 4.69) is 27.6 Å². The van der Waals surface area contributed by atoms with Crippen LogP contribution in [0.1, 0.15) is 31.7 Å². The van der Waals surface area contributed by atoms with Crippen molar-refractivity contribution in [2.75, 3.05) is 6.54 Å². The summed E-state index contributed by atoms with van der Waals surface area (Å²) in [4.78, 5) is 0. The summed E-state index contributed by atoms with van der Waals surface area (Å²) in [6, 6.07) is 1.72. The van der Waals surface area contributed by atoms with Gasteiger partial charge in [-0.15, -0.1) is 11.3 Å². The molecule has 0 spiro atoms. The third-order valence-electron chi connectivity index (χ3n) is 3.67. The van der Waals surface area contributed by atoms with Gasteiger partial charge in [-0.3, -0.25) is 0 Å². The molecule has 102 valence electrons. The van der Waals surface area contributed by atoms with Crippen LogP contribution in [-0.4, -0.2) is 15.0 Å². The van der Waals surface area contributed by atoms with Crippen LogP contribution < -0.4 is 4.72 Å². The van der Waals surface area contributed by atoms with Crippen molar-refractivity contribution in [2.45, 2.75) is 37.3 Å². The summed E-state index contributed by atoms with van der Waals surface area (Å²) in [7, 11) is -3.33. The maximum Gasteiger partial charge on any atom is 0.250 e. The van der Waals surface area contributed by atoms with Crippen molar-refractivity contribution in [3.63, 3.8) is 0 Å². The third-order valence-corrected chi connectivity index (χ3v) is 7.71. The lowest BCUT2D eigenvalue weighted by atomic mass is 9.99. The molecular formula is C12H18BrNO2S2. The van der Waals surface area contributed by atoms with Gasteiger partial charge in [0.2, 0.25) is 10.0 Å². The molecule has 1 aliphatic rings. The van der Waals surface area contributed by atoms with E-state index in [-0.39, 0.29) is 0 Å². The Morgan fingerprint density at radius 1 is 1.50 bits per heavy atom. The summed E-state index contributed by atoms with van der Waals surface area (Å²) in [6.07, 6.45) is 3.57. The Bertz CT molecular complexity index is 505. The van der Waals surface area contributed by atoms with Crippen LogP contribution in [0, 0.1) is 18.8 Å². The molecule has 1 aromatic rings. The number of sulfonamides is 1. The van der Waals surface area contributed by atoms with E-state index in [0.29, 0.717) is 22.6 Å². The normalized spacial score (nSPS) is 24.6. The molecule has 0 aromatic carbocycles. The van der Waals surface area contributed by atoms with Crippen LogP contribution in [0.15, 0.2) is 14.1 Å². The standard InChI is InChI=1S/C12H18BrNO2S2/c1-8-4-3-5-10(8)7-14-18(15,16)11-6-9(2)12(13)17-11/h6,8,10,14H,3-5,7H2,1-2H3. The molecule has 1 N–H and O–H groups in total. The first-order valence-electron chi connectivity index (χ1n) is 6.16. The zero-order valence-corrected chi connectivity index (χ0v) is 13.8. The summed E-state index contributed by atoms with van der Waals surface area (Å²) in [5.74, 6) is 1.12. The van der Waals surface area contributed by atoms with Gasteiger partial charge in [0.05, 0.1) is 3.79 Å². The average molecular weight is 352 g/mol. The van der Waals surface area contributed by atoms with E-state index in [4.69, 9.17) is 0 Å². The fourth-order valence-corrected chi connectivity index (χ4v) is 5.74. The summed E-state index contributed by atoms with van der Waals surface area (Å²) < 4.78 is 28.3. The zero-order chi connectivity index (χ0) is 13.3. The van der Waals surface area contributed by atoms with Crippen molar-refractivity contribution in [1.82, 2.24) is 4.72 Å². The van der Waals surface area contributed by atoms with E-state index < -0.39 is 10.0 Å². The van der Waals surface area contributed by atoms with Crippen molar-refractivity contribution in [3.05, 3.63) is 15.4 Å². The van der Waals surface area contributed by atoms with Gasteiger partial charge in [-0.05, 0) is 52.7 Å². The van der Waals surface area contributed by atoms with Crippen molar-refractivity contribution in [3.8, 4) is 0 Å². The molecule has 2 atom stereocenters. The lowest BCUT2D eigenvalue weighted by Gasteiger charge is -2.15. The Morgan fingerprint density at radius 3 is 2.72 bits per heavy atom. The molecule has 1 fully saturated rings. The molecule has 1 aliphatic carbocycles. The minimum Gasteiger partial charge on any atom is -0.210 e. The first kappa shape index (κ1) is 14.5. The number of halogens is 1. The van der Waals surface area contributed by atoms with Crippen molar-refractivity contribution < 1.29 is 8.42 Å². The van der Waals surface area contributed by atoms with Gasteiger partial charge < -0.3 is 0 Å². The van der Waals surface area contributed by atoms with Gasteiger partial charge >= 0.3 is 0 Å². The minimum atomic E-state index is -3.33. The molecule has 0 saturated heterocycles. The molecule has 3 nitrogen and oxygen atoms in total. The molecule has 0 amide bonds. The summed E-state index contributed by atoms with van der Waals surface area (Å²) in [5.41, 5.74) is 0.967. The molecule has 2 unspecified atom stereocenters. The van der Waals surface area contributed by atoms with Crippen LogP contribution >= 0.6 is 27.3 Å². The van der Waals surface area contributed by atoms with Crippen LogP contribution in [0.3, 0.4) is 0 Å². The second-order valence-corrected chi connectivity index (χ2v) is 9.41. The van der Waals surface area contributed by atoms with E-state index in [1.165, 1.54) is 24.2 Å². The van der Waals surface area contributed by atoms with Crippen molar-refractivity contribution in [2.24, 2.45) is 11.8 Å². The first-order valence-corrected chi connectivity index (χ1v) is 9.25. The summed E-state index contributed by atoms with van der Waals surface area (Å²) in [6.45, 7) is 4.68. The molecule has 1 saturated carbocycles. The lowest BCUT2D eigenvalue weighted by Crippen LogP contribution is -2.29. The average Bonchev–Trinajstić information content (AvgIpc) is 2.84. The molecule has 0 aliphatic heterocycles. The van der Waals surface area contributed by atoms with Gasteiger partial charge in [0.25, 0.3) is 0 Å². The fourth-order valence-electron chi connectivity index (χ4n) is 2.38. The number of thiophene rings is 1. The highest BCUT2D eigenvalue weighted by Gasteiger charge is 2.26. The Hall–Kier alpha value is 0.0900. The topological polar surface area (TPSA) is 46.2 Å². The largest absolute Gasteiger partial charge is 0.250 e. The smallest absolute Gasteiger partial charge is 0.210 e. The summed E-state index contributed by atoms with van der Waals surface area (Å²) >= 11 is 4.63. The summed E-state index contributed by atoms with van der Waals surface area (Å²) in [5, 5.41) is 0. The van der Waals surface area contributed by atoms with Gasteiger partial charge in [0.1, 0.15) is 4.21 Å². The lowest BCUT2D eigenvalue weighted by molar-refractivity contribution is 0.414. The van der Waals surface area contributed by atoms with Gasteiger partial charge in [-0.25, -0.2) is 13.1 Å². The van der Waals surface area contributed by atoms with Crippen molar-refractivity contribution in [1.29, 1.82) is 0 Å². The van der Waals surface area contributed by atoms with E-state index in [9.17, 15) is 8.42 Å². The highest BCUT2D eigenvalue weighted by molar-refractivity contribution is 9.11. The van der Waals surface area contributed by atoms with E-state index in [1.807, 2.05) is 6.92 Å². The predicted molar refractivity (Wildman–Crippen MR) is 78.4 cm³/mol. The Balaban J connectivity index is 2.03. The van der Waals surface area contributed by atoms with Crippen LogP contribution in [0.5, 0.6) is 0 Å². The van der Waals surface area contributed by atoms with Gasteiger partial charge in [0.15, 0.2) is 0 Å². The van der Waals surface area contributed by atoms with Gasteiger partial charge in [-0.2, -0.15) is 0 Å². The van der Waals surface area contributed by atoms with E-state index >= 15 is 0 Å². The molecule has 2 rings (SSSR count). The minimum absolute atomic E-state index is 0.400. The maximum atomic E-state index is 12.1. The highest BCUT2D eigenvalue weighted by Crippen LogP contribution is 2.32. The second-order valence-electron chi connectivity index (χ2n) is 5.04. The predicted octanol–water partition coefficient (Wildman–Crippen LogP) is 3.53. The first-order chi connectivity index (χ1) is 8.40. The number of rotatable bonds is 4. The zero-order valence-electron chi connectivity index (χ0n) is 10.6. The van der Waals surface area contributed by atoms with E-state index in [1.54, 1.807) is 6.07 Å². The van der Waals surface area contributed by atoms with Gasteiger partial charge in [0, 0.05) is 6.54 Å². The number of hydrogen-bond acceptors (Lipinski definition) is 3. The molecule has 0 radical (unpaired) electrons. The molecule has 18 heavy (non-hydrogen) atoms. The fraction of sp³-hybridized carbons (Fsp3) is 0.667. The van der Waals surface area contributed by atoms with Crippen LogP contribution in [0.25, 0.3) is 0 Å². The maximum absolute atomic E-state index is 12.1. The monoisotopic (exact) mass is 351 g/mol. The number of aryl methyl sites for hydroxylation is 1. The number of hydrogen-bond donors (Lipinski definition) is 1.